The van der Waals surface area contributed by atoms with E-state index < -0.39 is 11.9 Å². The molecule has 1 N–H and O–H groups in total. The van der Waals surface area contributed by atoms with Crippen LogP contribution in [0.2, 0.25) is 0 Å². The molecule has 2 aliphatic heterocycles. The van der Waals surface area contributed by atoms with Crippen LogP contribution in [0.4, 0.5) is 0 Å². The summed E-state index contributed by atoms with van der Waals surface area (Å²) in [7, 11) is 1.92. The molecule has 1 atom stereocenters. The van der Waals surface area contributed by atoms with Crippen molar-refractivity contribution >= 4 is 17.7 Å². The Morgan fingerprint density at radius 1 is 1.03 bits per heavy atom. The fourth-order valence-electron chi connectivity index (χ4n) is 4.55. The number of aromatic nitrogens is 2. The Hall–Kier alpha value is -3.74. The number of hydrogen-bond acceptors (Lipinski definition) is 4. The number of imide groups is 1. The van der Waals surface area contributed by atoms with Crippen molar-refractivity contribution in [3.63, 3.8) is 0 Å². The van der Waals surface area contributed by atoms with E-state index in [0.29, 0.717) is 18.5 Å². The molecule has 7 heteroatoms. The van der Waals surface area contributed by atoms with Crippen molar-refractivity contribution in [2.45, 2.75) is 32.4 Å². The predicted molar refractivity (Wildman–Crippen MR) is 115 cm³/mol. The fraction of sp³-hybridized carbons (Fsp3) is 0.250. The Bertz CT molecular complexity index is 1240. The average molecular weight is 414 g/mol. The molecule has 0 bridgehead atoms. The number of carbonyl (C=O) groups is 3. The Kier molecular flexibility index (Phi) is 4.46. The van der Waals surface area contributed by atoms with Crippen LogP contribution in [-0.2, 0) is 23.2 Å². The first-order valence-corrected chi connectivity index (χ1v) is 10.3. The molecule has 1 fully saturated rings. The van der Waals surface area contributed by atoms with Crippen molar-refractivity contribution in [3.05, 3.63) is 65.4 Å². The van der Waals surface area contributed by atoms with Gasteiger partial charge in [-0.3, -0.25) is 24.4 Å². The highest BCUT2D eigenvalue weighted by molar-refractivity contribution is 6.05. The number of aryl methyl sites for hydroxylation is 2. The highest BCUT2D eigenvalue weighted by Crippen LogP contribution is 2.36. The maximum atomic E-state index is 13.0. The maximum absolute atomic E-state index is 13.0. The lowest BCUT2D eigenvalue weighted by Gasteiger charge is -2.29. The highest BCUT2D eigenvalue weighted by Gasteiger charge is 2.39. The maximum Gasteiger partial charge on any atom is 0.255 e. The van der Waals surface area contributed by atoms with Gasteiger partial charge in [0.2, 0.25) is 11.8 Å². The van der Waals surface area contributed by atoms with Gasteiger partial charge in [0.25, 0.3) is 5.91 Å². The van der Waals surface area contributed by atoms with Crippen molar-refractivity contribution in [1.82, 2.24) is 20.0 Å². The van der Waals surface area contributed by atoms with E-state index >= 15 is 0 Å². The van der Waals surface area contributed by atoms with E-state index in [1.54, 1.807) is 4.90 Å². The number of rotatable bonds is 3. The van der Waals surface area contributed by atoms with Crippen molar-refractivity contribution in [2.75, 3.05) is 0 Å². The molecule has 2 aliphatic rings. The zero-order valence-electron chi connectivity index (χ0n) is 17.4. The number of nitrogens with zero attached hydrogens (tertiary/aromatic N) is 3. The Labute approximate surface area is 179 Å². The van der Waals surface area contributed by atoms with Crippen LogP contribution in [-0.4, -0.2) is 38.4 Å². The van der Waals surface area contributed by atoms with E-state index in [1.807, 2.05) is 48.3 Å². The van der Waals surface area contributed by atoms with Gasteiger partial charge in [-0.15, -0.1) is 0 Å². The second-order valence-electron chi connectivity index (χ2n) is 8.12. The van der Waals surface area contributed by atoms with Crippen LogP contribution >= 0.6 is 0 Å². The zero-order chi connectivity index (χ0) is 21.7. The topological polar surface area (TPSA) is 84.3 Å². The van der Waals surface area contributed by atoms with Crippen molar-refractivity contribution in [2.24, 2.45) is 7.05 Å². The first-order chi connectivity index (χ1) is 14.9. The van der Waals surface area contributed by atoms with Crippen molar-refractivity contribution in [1.29, 1.82) is 0 Å². The normalized spacial score (nSPS) is 18.3. The van der Waals surface area contributed by atoms with Gasteiger partial charge in [0.05, 0.1) is 11.9 Å². The minimum atomic E-state index is -0.609. The summed E-state index contributed by atoms with van der Waals surface area (Å²) < 4.78 is 1.87. The van der Waals surface area contributed by atoms with Gasteiger partial charge in [0.15, 0.2) is 0 Å². The lowest BCUT2D eigenvalue weighted by Crippen LogP contribution is -2.52. The lowest BCUT2D eigenvalue weighted by molar-refractivity contribution is -0.136. The van der Waals surface area contributed by atoms with Gasteiger partial charge in [-0.25, -0.2) is 0 Å². The highest BCUT2D eigenvalue weighted by atomic mass is 16.2. The average Bonchev–Trinajstić information content (AvgIpc) is 3.28. The third-order valence-corrected chi connectivity index (χ3v) is 6.17. The molecule has 5 rings (SSSR count). The molecular weight excluding hydrogens is 392 g/mol. The second-order valence-corrected chi connectivity index (χ2v) is 8.12. The summed E-state index contributed by atoms with van der Waals surface area (Å²) in [6, 6.07) is 13.3. The van der Waals surface area contributed by atoms with Gasteiger partial charge in [-0.05, 0) is 42.2 Å². The lowest BCUT2D eigenvalue weighted by atomic mass is 9.96. The van der Waals surface area contributed by atoms with Gasteiger partial charge >= 0.3 is 0 Å². The molecule has 1 saturated heterocycles. The monoisotopic (exact) mass is 414 g/mol. The van der Waals surface area contributed by atoms with Crippen LogP contribution in [0.15, 0.2) is 48.7 Å². The number of benzene rings is 2. The Morgan fingerprint density at radius 2 is 1.84 bits per heavy atom. The molecule has 0 spiro atoms. The van der Waals surface area contributed by atoms with Gasteiger partial charge in [-0.2, -0.15) is 5.10 Å². The second kappa shape index (κ2) is 7.19. The standard InChI is InChI=1S/C24H22N4O3/c1-14-5-3-4-6-17(14)22-19(12-25-27(22)2)15-7-8-18-16(11-15)13-28(24(18)31)20-9-10-21(29)26-23(20)30/h3-8,11-12,20H,9-10,13H2,1-2H3,(H,26,29,30). The zero-order valence-corrected chi connectivity index (χ0v) is 17.4. The number of fused-ring (bicyclic) bond motifs is 1. The third-order valence-electron chi connectivity index (χ3n) is 6.17. The molecule has 7 nitrogen and oxygen atoms in total. The predicted octanol–water partition coefficient (Wildman–Crippen LogP) is 2.82. The molecule has 0 radical (unpaired) electrons. The summed E-state index contributed by atoms with van der Waals surface area (Å²) >= 11 is 0. The van der Waals surface area contributed by atoms with E-state index in [4.69, 9.17) is 0 Å². The minimum Gasteiger partial charge on any atom is -0.322 e. The smallest absolute Gasteiger partial charge is 0.255 e. The van der Waals surface area contributed by atoms with Gasteiger partial charge < -0.3 is 4.90 Å². The van der Waals surface area contributed by atoms with Gasteiger partial charge in [0, 0.05) is 36.7 Å². The molecular formula is C24H22N4O3. The first-order valence-electron chi connectivity index (χ1n) is 10.3. The molecule has 31 heavy (non-hydrogen) atoms. The van der Waals surface area contributed by atoms with Crippen LogP contribution in [0.3, 0.4) is 0 Å². The van der Waals surface area contributed by atoms with Crippen molar-refractivity contribution < 1.29 is 14.4 Å². The number of amides is 3. The fourth-order valence-corrected chi connectivity index (χ4v) is 4.55. The summed E-state index contributed by atoms with van der Waals surface area (Å²) in [6.45, 7) is 2.43. The number of piperidine rings is 1. The van der Waals surface area contributed by atoms with E-state index in [-0.39, 0.29) is 18.2 Å². The number of nitrogens with one attached hydrogen (secondary N) is 1. The van der Waals surface area contributed by atoms with E-state index in [9.17, 15) is 14.4 Å². The van der Waals surface area contributed by atoms with Crippen LogP contribution in [0.25, 0.3) is 22.4 Å². The quantitative estimate of drug-likeness (QED) is 0.668. The van der Waals surface area contributed by atoms with E-state index in [2.05, 4.69) is 29.5 Å². The number of hydrogen-bond donors (Lipinski definition) is 1. The van der Waals surface area contributed by atoms with Crippen LogP contribution in [0.5, 0.6) is 0 Å². The van der Waals surface area contributed by atoms with Crippen molar-refractivity contribution in [3.8, 4) is 22.4 Å². The summed E-state index contributed by atoms with van der Waals surface area (Å²) in [5.41, 5.74) is 6.74. The Morgan fingerprint density at radius 3 is 2.61 bits per heavy atom. The summed E-state index contributed by atoms with van der Waals surface area (Å²) in [6.07, 6.45) is 2.45. The third kappa shape index (κ3) is 3.13. The van der Waals surface area contributed by atoms with Crippen LogP contribution < -0.4 is 5.32 Å². The molecule has 0 saturated carbocycles. The van der Waals surface area contributed by atoms with E-state index in [0.717, 1.165) is 33.5 Å². The molecule has 0 aliphatic carbocycles. The molecule has 156 valence electrons. The summed E-state index contributed by atoms with van der Waals surface area (Å²) in [5, 5.41) is 6.82. The molecule has 1 aromatic heterocycles. The van der Waals surface area contributed by atoms with Gasteiger partial charge in [0.1, 0.15) is 6.04 Å². The molecule has 2 aromatic carbocycles. The molecule has 1 unspecified atom stereocenters. The molecule has 3 aromatic rings. The SMILES string of the molecule is Cc1ccccc1-c1c(-c2ccc3c(c2)CN(C2CCC(=O)NC2=O)C3=O)cnn1C. The molecule has 3 amide bonds. The van der Waals surface area contributed by atoms with Gasteiger partial charge in [-0.1, -0.05) is 30.3 Å². The van der Waals surface area contributed by atoms with Crippen LogP contribution in [0.1, 0.15) is 34.3 Å². The largest absolute Gasteiger partial charge is 0.322 e. The molecule has 3 heterocycles. The van der Waals surface area contributed by atoms with Crippen LogP contribution in [0, 0.1) is 6.92 Å². The number of carbonyl (C=O) groups excluding carboxylic acids is 3. The summed E-state index contributed by atoms with van der Waals surface area (Å²) in [4.78, 5) is 38.3. The first kappa shape index (κ1) is 19.2. The summed E-state index contributed by atoms with van der Waals surface area (Å²) in [5.74, 6) is -0.846. The minimum absolute atomic E-state index is 0.165. The Balaban J connectivity index is 1.51. The van der Waals surface area contributed by atoms with E-state index in [1.165, 1.54) is 0 Å².